The standard InChI is InChI=1S/C25H29Cl2N7O.ClH/c1-15-13-32(9-7-22(15)33-8-3-4-18(33)14-35)23-12-29-24-21(11-28)31-34(25(24)30-23)16(2)19-6-5-17(26)10-20(19)27;/h5-6,10,12,15-16,18,22,35H,3-4,7-9,13-14H2,1-2H3;1H/t15-,16-,18?,22+;/m1./s1. The number of benzene rings is 1. The zero-order valence-corrected chi connectivity index (χ0v) is 22.6. The highest BCUT2D eigenvalue weighted by atomic mass is 35.5. The van der Waals surface area contributed by atoms with Gasteiger partial charge in [-0.1, -0.05) is 36.2 Å². The topological polar surface area (TPSA) is 94.1 Å². The lowest BCUT2D eigenvalue weighted by Gasteiger charge is -2.43. The van der Waals surface area contributed by atoms with Crippen LogP contribution in [0.5, 0.6) is 0 Å². The molecule has 1 aromatic carbocycles. The molecule has 4 heterocycles. The molecule has 0 aliphatic carbocycles. The molecule has 8 nitrogen and oxygen atoms in total. The van der Waals surface area contributed by atoms with E-state index in [2.05, 4.69) is 32.9 Å². The summed E-state index contributed by atoms with van der Waals surface area (Å²) in [7, 11) is 0. The quantitative estimate of drug-likeness (QED) is 0.492. The molecule has 2 aliphatic rings. The normalized spacial score (nSPS) is 23.4. The first-order valence-corrected chi connectivity index (χ1v) is 12.9. The molecule has 5 rings (SSSR count). The minimum atomic E-state index is -0.260. The Bertz CT molecular complexity index is 1280. The Morgan fingerprint density at radius 2 is 2.06 bits per heavy atom. The summed E-state index contributed by atoms with van der Waals surface area (Å²) in [5, 5.41) is 25.0. The molecule has 2 aromatic heterocycles. The van der Waals surface area contributed by atoms with E-state index in [1.165, 1.54) is 0 Å². The Morgan fingerprint density at radius 3 is 2.75 bits per heavy atom. The van der Waals surface area contributed by atoms with Gasteiger partial charge in [0.25, 0.3) is 0 Å². The van der Waals surface area contributed by atoms with Crippen LogP contribution < -0.4 is 4.90 Å². The average Bonchev–Trinajstić information content (AvgIpc) is 3.47. The molecular weight excluding hydrogens is 521 g/mol. The summed E-state index contributed by atoms with van der Waals surface area (Å²) in [5.74, 6) is 1.21. The molecular formula is C25H30Cl3N7O. The van der Waals surface area contributed by atoms with Crippen molar-refractivity contribution >= 4 is 52.6 Å². The number of nitrogens with zero attached hydrogens (tertiary/aromatic N) is 7. The van der Waals surface area contributed by atoms with Crippen molar-refractivity contribution in [3.63, 3.8) is 0 Å². The number of aliphatic hydroxyl groups is 1. The van der Waals surface area contributed by atoms with E-state index in [0.29, 0.717) is 33.2 Å². The first-order valence-electron chi connectivity index (χ1n) is 12.1. The van der Waals surface area contributed by atoms with Crippen LogP contribution in [0.1, 0.15) is 50.4 Å². The largest absolute Gasteiger partial charge is 0.395 e. The van der Waals surface area contributed by atoms with E-state index >= 15 is 0 Å². The fourth-order valence-electron chi connectivity index (χ4n) is 5.69. The monoisotopic (exact) mass is 549 g/mol. The SMILES string of the molecule is C[C@@H]1CN(c2cnc3c(C#N)nn([C@H](C)c4ccc(Cl)cc4Cl)c3n2)CC[C@@H]1N1CCCC1CO.Cl. The van der Waals surface area contributed by atoms with Gasteiger partial charge in [-0.25, -0.2) is 14.6 Å². The number of piperidine rings is 1. The van der Waals surface area contributed by atoms with Crippen molar-refractivity contribution in [2.24, 2.45) is 5.92 Å². The summed E-state index contributed by atoms with van der Waals surface area (Å²) >= 11 is 12.6. The van der Waals surface area contributed by atoms with Gasteiger partial charge in [0.15, 0.2) is 11.3 Å². The number of hydrogen-bond donors (Lipinski definition) is 1. The molecule has 1 N–H and O–H groups in total. The molecule has 4 atom stereocenters. The number of likely N-dealkylation sites (tertiary alicyclic amines) is 1. The molecule has 0 radical (unpaired) electrons. The van der Waals surface area contributed by atoms with Gasteiger partial charge in [0, 0.05) is 35.2 Å². The smallest absolute Gasteiger partial charge is 0.190 e. The van der Waals surface area contributed by atoms with E-state index in [9.17, 15) is 10.4 Å². The van der Waals surface area contributed by atoms with Crippen LogP contribution in [0.2, 0.25) is 10.0 Å². The summed E-state index contributed by atoms with van der Waals surface area (Å²) < 4.78 is 1.73. The third kappa shape index (κ3) is 4.88. The van der Waals surface area contributed by atoms with E-state index in [4.69, 9.17) is 28.2 Å². The van der Waals surface area contributed by atoms with Gasteiger partial charge >= 0.3 is 0 Å². The van der Waals surface area contributed by atoms with E-state index in [1.54, 1.807) is 23.0 Å². The zero-order valence-electron chi connectivity index (χ0n) is 20.3. The van der Waals surface area contributed by atoms with Crippen LogP contribution in [0.3, 0.4) is 0 Å². The minimum Gasteiger partial charge on any atom is -0.395 e. The second-order valence-electron chi connectivity index (χ2n) is 9.64. The molecule has 2 fully saturated rings. The fourth-order valence-corrected chi connectivity index (χ4v) is 6.26. The van der Waals surface area contributed by atoms with E-state index < -0.39 is 0 Å². The minimum absolute atomic E-state index is 0. The van der Waals surface area contributed by atoms with Gasteiger partial charge in [0.1, 0.15) is 17.4 Å². The average molecular weight is 551 g/mol. The third-order valence-electron chi connectivity index (χ3n) is 7.52. The Hall–Kier alpha value is -2.15. The first-order chi connectivity index (χ1) is 16.9. The maximum atomic E-state index is 9.77. The summed E-state index contributed by atoms with van der Waals surface area (Å²) in [5.41, 5.74) is 2.13. The van der Waals surface area contributed by atoms with Crippen molar-refractivity contribution in [1.29, 1.82) is 5.26 Å². The molecule has 0 spiro atoms. The number of rotatable bonds is 5. The number of anilines is 1. The summed E-state index contributed by atoms with van der Waals surface area (Å²) in [6.45, 7) is 7.26. The van der Waals surface area contributed by atoms with Crippen LogP contribution in [-0.4, -0.2) is 68.1 Å². The maximum Gasteiger partial charge on any atom is 0.190 e. The number of aliphatic hydroxyl groups excluding tert-OH is 1. The van der Waals surface area contributed by atoms with Crippen molar-refractivity contribution in [2.45, 2.75) is 51.2 Å². The van der Waals surface area contributed by atoms with E-state index in [-0.39, 0.29) is 36.8 Å². The van der Waals surface area contributed by atoms with Gasteiger partial charge in [-0.15, -0.1) is 12.4 Å². The lowest BCUT2D eigenvalue weighted by Crippen LogP contribution is -2.52. The molecule has 2 saturated heterocycles. The number of hydrogen-bond acceptors (Lipinski definition) is 7. The van der Waals surface area contributed by atoms with Crippen LogP contribution in [-0.2, 0) is 0 Å². The van der Waals surface area contributed by atoms with Crippen molar-refractivity contribution in [3.05, 3.63) is 45.7 Å². The molecule has 3 aromatic rings. The number of nitriles is 1. The van der Waals surface area contributed by atoms with Gasteiger partial charge < -0.3 is 10.0 Å². The molecule has 0 saturated carbocycles. The lowest BCUT2D eigenvalue weighted by atomic mass is 9.92. The highest BCUT2D eigenvalue weighted by molar-refractivity contribution is 6.35. The highest BCUT2D eigenvalue weighted by Crippen LogP contribution is 2.33. The molecule has 1 unspecified atom stereocenters. The molecule has 11 heteroatoms. The Balaban J connectivity index is 0.00000304. The summed E-state index contributed by atoms with van der Waals surface area (Å²) in [6.07, 6.45) is 4.99. The van der Waals surface area contributed by atoms with Crippen molar-refractivity contribution < 1.29 is 5.11 Å². The molecule has 192 valence electrons. The summed E-state index contributed by atoms with van der Waals surface area (Å²) in [6, 6.07) is 8.00. The van der Waals surface area contributed by atoms with Crippen LogP contribution in [0.25, 0.3) is 11.2 Å². The van der Waals surface area contributed by atoms with Crippen molar-refractivity contribution in [2.75, 3.05) is 31.1 Å². The second kappa shape index (κ2) is 11.1. The highest BCUT2D eigenvalue weighted by Gasteiger charge is 2.36. The molecule has 0 amide bonds. The third-order valence-corrected chi connectivity index (χ3v) is 8.08. The van der Waals surface area contributed by atoms with Gasteiger partial charge in [-0.3, -0.25) is 4.90 Å². The molecule has 0 bridgehead atoms. The second-order valence-corrected chi connectivity index (χ2v) is 10.5. The zero-order chi connectivity index (χ0) is 24.7. The Kier molecular flexibility index (Phi) is 8.28. The van der Waals surface area contributed by atoms with Crippen molar-refractivity contribution in [1.82, 2.24) is 24.6 Å². The summed E-state index contributed by atoms with van der Waals surface area (Å²) in [4.78, 5) is 14.3. The fraction of sp³-hybridized carbons (Fsp3) is 0.520. The van der Waals surface area contributed by atoms with E-state index in [0.717, 1.165) is 50.3 Å². The number of aromatic nitrogens is 4. The lowest BCUT2D eigenvalue weighted by molar-refractivity contribution is 0.0800. The van der Waals surface area contributed by atoms with Gasteiger partial charge in [0.2, 0.25) is 0 Å². The van der Waals surface area contributed by atoms with Gasteiger partial charge in [-0.2, -0.15) is 10.4 Å². The van der Waals surface area contributed by atoms with Gasteiger partial charge in [-0.05, 0) is 56.3 Å². The number of halogens is 3. The maximum absolute atomic E-state index is 9.77. The Morgan fingerprint density at radius 1 is 1.25 bits per heavy atom. The van der Waals surface area contributed by atoms with Gasteiger partial charge in [0.05, 0.1) is 18.8 Å². The predicted molar refractivity (Wildman–Crippen MR) is 144 cm³/mol. The molecule has 2 aliphatic heterocycles. The van der Waals surface area contributed by atoms with Crippen LogP contribution >= 0.6 is 35.6 Å². The first kappa shape index (κ1) is 26.9. The Labute approximate surface area is 227 Å². The van der Waals surface area contributed by atoms with Crippen LogP contribution in [0, 0.1) is 17.2 Å². The molecule has 36 heavy (non-hydrogen) atoms. The predicted octanol–water partition coefficient (Wildman–Crippen LogP) is 4.71. The van der Waals surface area contributed by atoms with Crippen molar-refractivity contribution in [3.8, 4) is 6.07 Å². The van der Waals surface area contributed by atoms with Crippen LogP contribution in [0.4, 0.5) is 5.82 Å². The van der Waals surface area contributed by atoms with Crippen LogP contribution in [0.15, 0.2) is 24.4 Å². The van der Waals surface area contributed by atoms with E-state index in [1.807, 2.05) is 13.0 Å². The number of fused-ring (bicyclic) bond motifs is 1.